The van der Waals surface area contributed by atoms with Crippen LogP contribution in [0.5, 0.6) is 0 Å². The van der Waals surface area contributed by atoms with Gasteiger partial charge in [0, 0.05) is 12.1 Å². The van der Waals surface area contributed by atoms with Gasteiger partial charge in [-0.1, -0.05) is 53.7 Å². The number of benzene rings is 2. The Morgan fingerprint density at radius 1 is 1.11 bits per heavy atom. The summed E-state index contributed by atoms with van der Waals surface area (Å²) in [5, 5.41) is 3.93. The second-order valence-corrected chi connectivity index (χ2v) is 7.81. The number of nitrogens with zero attached hydrogens (tertiary/aromatic N) is 2. The fourth-order valence-electron chi connectivity index (χ4n) is 3.21. The van der Waals surface area contributed by atoms with Gasteiger partial charge in [-0.05, 0) is 25.0 Å². The summed E-state index contributed by atoms with van der Waals surface area (Å²) in [5.74, 6) is -0.514. The molecule has 1 aromatic heterocycles. The topological polar surface area (TPSA) is 92.5 Å². The Hall–Kier alpha value is -3.13. The Balaban J connectivity index is 1.65. The van der Waals surface area contributed by atoms with Crippen molar-refractivity contribution >= 4 is 21.8 Å². The maximum Gasteiger partial charge on any atom is 0.326 e. The zero-order valence-electron chi connectivity index (χ0n) is 14.5. The Morgan fingerprint density at radius 3 is 2.59 bits per heavy atom. The van der Waals surface area contributed by atoms with E-state index in [0.717, 1.165) is 5.56 Å². The van der Waals surface area contributed by atoms with Crippen molar-refractivity contribution in [2.24, 2.45) is 0 Å². The number of aromatic nitrogens is 1. The molecule has 138 valence electrons. The van der Waals surface area contributed by atoms with E-state index in [9.17, 15) is 13.2 Å². The first-order valence-corrected chi connectivity index (χ1v) is 9.86. The smallest absolute Gasteiger partial charge is 0.326 e. The average Bonchev–Trinajstić information content (AvgIpc) is 3.26. The Kier molecular flexibility index (Phi) is 4.19. The van der Waals surface area contributed by atoms with Gasteiger partial charge in [0.2, 0.25) is 0 Å². The van der Waals surface area contributed by atoms with Crippen LogP contribution < -0.4 is 9.03 Å². The zero-order valence-corrected chi connectivity index (χ0v) is 15.4. The van der Waals surface area contributed by atoms with Gasteiger partial charge in [-0.2, -0.15) is 8.42 Å². The summed E-state index contributed by atoms with van der Waals surface area (Å²) in [6.07, 6.45) is 0.604. The molecule has 2 aromatic carbocycles. The van der Waals surface area contributed by atoms with Crippen molar-refractivity contribution in [3.05, 3.63) is 71.5 Å². The van der Waals surface area contributed by atoms with Gasteiger partial charge in [0.1, 0.15) is 17.0 Å². The van der Waals surface area contributed by atoms with E-state index < -0.39 is 16.1 Å². The van der Waals surface area contributed by atoms with Crippen molar-refractivity contribution in [3.63, 3.8) is 0 Å². The monoisotopic (exact) mass is 383 g/mol. The molecule has 0 atom stereocenters. The van der Waals surface area contributed by atoms with Gasteiger partial charge in [-0.25, -0.2) is 4.72 Å². The number of carbonyl (C=O) groups is 1. The molecule has 2 heterocycles. The van der Waals surface area contributed by atoms with Crippen LogP contribution >= 0.6 is 0 Å². The van der Waals surface area contributed by atoms with Crippen molar-refractivity contribution in [2.45, 2.75) is 13.3 Å². The van der Waals surface area contributed by atoms with Gasteiger partial charge in [-0.3, -0.25) is 9.10 Å². The summed E-state index contributed by atoms with van der Waals surface area (Å²) in [7, 11) is -4.05. The number of hydrogen-bond acceptors (Lipinski definition) is 5. The van der Waals surface area contributed by atoms with Crippen LogP contribution in [0.25, 0.3) is 11.3 Å². The first-order valence-electron chi connectivity index (χ1n) is 8.42. The van der Waals surface area contributed by atoms with E-state index in [1.807, 2.05) is 18.2 Å². The first kappa shape index (κ1) is 17.3. The average molecular weight is 383 g/mol. The minimum absolute atomic E-state index is 0.109. The van der Waals surface area contributed by atoms with Crippen molar-refractivity contribution in [1.29, 1.82) is 0 Å². The number of fused-ring (bicyclic) bond motifs is 1. The highest BCUT2D eigenvalue weighted by Crippen LogP contribution is 2.30. The van der Waals surface area contributed by atoms with E-state index in [2.05, 4.69) is 9.88 Å². The van der Waals surface area contributed by atoms with Crippen LogP contribution in [0.1, 0.15) is 21.7 Å². The maximum absolute atomic E-state index is 12.8. The maximum atomic E-state index is 12.8. The van der Waals surface area contributed by atoms with Gasteiger partial charge in [-0.15, -0.1) is 0 Å². The second kappa shape index (κ2) is 6.55. The molecule has 1 aliphatic rings. The number of aryl methyl sites for hydroxylation is 1. The summed E-state index contributed by atoms with van der Waals surface area (Å²) < 4.78 is 34.1. The summed E-state index contributed by atoms with van der Waals surface area (Å²) >= 11 is 0. The van der Waals surface area contributed by atoms with Gasteiger partial charge in [0.15, 0.2) is 0 Å². The van der Waals surface area contributed by atoms with Crippen LogP contribution in [0.4, 0.5) is 5.69 Å². The van der Waals surface area contributed by atoms with E-state index >= 15 is 0 Å². The van der Waals surface area contributed by atoms with Crippen LogP contribution in [-0.2, 0) is 16.6 Å². The number of anilines is 1. The number of hydrogen-bond donors (Lipinski definition) is 1. The van der Waals surface area contributed by atoms with Gasteiger partial charge in [0.25, 0.3) is 5.91 Å². The van der Waals surface area contributed by atoms with E-state index in [-0.39, 0.29) is 17.9 Å². The van der Waals surface area contributed by atoms with Crippen molar-refractivity contribution in [3.8, 4) is 11.3 Å². The fraction of sp³-hybridized carbons (Fsp3) is 0.158. The third-order valence-corrected chi connectivity index (χ3v) is 5.90. The van der Waals surface area contributed by atoms with Gasteiger partial charge in [0.05, 0.1) is 5.69 Å². The number of carbonyl (C=O) groups excluding carboxylic acids is 1. The highest BCUT2D eigenvalue weighted by molar-refractivity contribution is 7.91. The lowest BCUT2D eigenvalue weighted by molar-refractivity contribution is 0.0980. The second-order valence-electron chi connectivity index (χ2n) is 6.22. The molecule has 3 aromatic rings. The molecule has 0 unspecified atom stereocenters. The third kappa shape index (κ3) is 3.08. The van der Waals surface area contributed by atoms with Gasteiger partial charge < -0.3 is 4.52 Å². The lowest BCUT2D eigenvalue weighted by atomic mass is 10.1. The number of para-hydroxylation sites is 1. The highest BCUT2D eigenvalue weighted by Gasteiger charge is 2.32. The Bertz CT molecular complexity index is 1110. The van der Waals surface area contributed by atoms with Crippen LogP contribution in [-0.4, -0.2) is 26.0 Å². The summed E-state index contributed by atoms with van der Waals surface area (Å²) in [4.78, 5) is 12.8. The van der Waals surface area contributed by atoms with Crippen molar-refractivity contribution in [1.82, 2.24) is 9.88 Å². The minimum atomic E-state index is -4.05. The molecule has 0 fully saturated rings. The molecule has 0 spiro atoms. The highest BCUT2D eigenvalue weighted by atomic mass is 32.2. The molecule has 0 saturated heterocycles. The van der Waals surface area contributed by atoms with Gasteiger partial charge >= 0.3 is 10.2 Å². The quantitative estimate of drug-likeness (QED) is 0.748. The van der Waals surface area contributed by atoms with E-state index in [1.165, 1.54) is 4.31 Å². The van der Waals surface area contributed by atoms with Crippen LogP contribution in [0.3, 0.4) is 0 Å². The summed E-state index contributed by atoms with van der Waals surface area (Å²) in [5.41, 5.74) is 2.60. The Labute approximate surface area is 156 Å². The molecule has 1 N–H and O–H groups in total. The molecule has 1 aliphatic heterocycles. The molecular formula is C19H17N3O4S. The zero-order chi connectivity index (χ0) is 19.0. The molecule has 8 heteroatoms. The number of nitrogens with one attached hydrogen (secondary N) is 1. The predicted octanol–water partition coefficient (Wildman–Crippen LogP) is 2.69. The molecule has 0 aliphatic carbocycles. The van der Waals surface area contributed by atoms with E-state index in [4.69, 9.17) is 4.52 Å². The molecule has 1 amide bonds. The SMILES string of the molecule is Cc1onc(-c2ccccc2)c1C(=O)NS(=O)(=O)N1CCc2ccccc21. The standard InChI is InChI=1S/C19H17N3O4S/c1-13-17(18(20-26-13)15-8-3-2-4-9-15)19(23)21-27(24,25)22-12-11-14-7-5-6-10-16(14)22/h2-10H,11-12H2,1H3,(H,21,23). The van der Waals surface area contributed by atoms with Crippen LogP contribution in [0.15, 0.2) is 59.1 Å². The molecule has 0 saturated carbocycles. The third-order valence-electron chi connectivity index (χ3n) is 4.49. The lowest BCUT2D eigenvalue weighted by Crippen LogP contribution is -2.43. The number of rotatable bonds is 4. The first-order chi connectivity index (χ1) is 13.0. The largest absolute Gasteiger partial charge is 0.360 e. The van der Waals surface area contributed by atoms with Crippen LogP contribution in [0.2, 0.25) is 0 Å². The summed E-state index contributed by atoms with van der Waals surface area (Å²) in [6.45, 7) is 1.86. The normalized spacial score (nSPS) is 13.4. The van der Waals surface area contributed by atoms with E-state index in [1.54, 1.807) is 43.3 Å². The molecule has 0 radical (unpaired) electrons. The molecule has 27 heavy (non-hydrogen) atoms. The molecule has 7 nitrogen and oxygen atoms in total. The predicted molar refractivity (Wildman–Crippen MR) is 101 cm³/mol. The molecular weight excluding hydrogens is 366 g/mol. The molecule has 4 rings (SSSR count). The lowest BCUT2D eigenvalue weighted by Gasteiger charge is -2.19. The minimum Gasteiger partial charge on any atom is -0.360 e. The van der Waals surface area contributed by atoms with Crippen LogP contribution in [0, 0.1) is 6.92 Å². The summed E-state index contributed by atoms with van der Waals surface area (Å²) in [6, 6.07) is 16.2. The fourth-order valence-corrected chi connectivity index (χ4v) is 4.43. The van der Waals surface area contributed by atoms with Crippen molar-refractivity contribution in [2.75, 3.05) is 10.8 Å². The van der Waals surface area contributed by atoms with E-state index in [0.29, 0.717) is 23.4 Å². The number of amides is 1. The molecule has 0 bridgehead atoms. The van der Waals surface area contributed by atoms with Crippen molar-refractivity contribution < 1.29 is 17.7 Å². The Morgan fingerprint density at radius 2 is 1.81 bits per heavy atom.